The number of ether oxygens (including phenoxy) is 1. The first-order valence-electron chi connectivity index (χ1n) is 9.23. The van der Waals surface area contributed by atoms with E-state index in [-0.39, 0.29) is 23.1 Å². The molecule has 0 N–H and O–H groups in total. The minimum absolute atomic E-state index is 0. The second-order valence-corrected chi connectivity index (χ2v) is 10.2. The first-order valence-corrected chi connectivity index (χ1v) is 11.2. The molecule has 0 aliphatic carbocycles. The predicted octanol–water partition coefficient (Wildman–Crippen LogP) is 1.33. The molecule has 0 fully saturated rings. The SMILES string of the molecule is C1=CC(C[P+](c2ccccc2)(c2ccccc2)c2ccccc2)OCC1.[Br-]. The predicted molar refractivity (Wildman–Crippen MR) is 114 cm³/mol. The normalized spacial score (nSPS) is 16.5. The molecule has 1 nitrogen and oxygen atoms in total. The van der Waals surface area contributed by atoms with Crippen LogP contribution in [-0.2, 0) is 4.74 Å². The zero-order chi connectivity index (χ0) is 17.7. The quantitative estimate of drug-likeness (QED) is 0.431. The molecular weight excluding hydrogens is 415 g/mol. The number of benzene rings is 3. The fourth-order valence-electron chi connectivity index (χ4n) is 3.79. The number of rotatable bonds is 5. The molecule has 0 spiro atoms. The molecule has 0 saturated heterocycles. The third-order valence-corrected chi connectivity index (χ3v) is 9.46. The molecule has 138 valence electrons. The molecule has 0 radical (unpaired) electrons. The lowest BCUT2D eigenvalue weighted by Crippen LogP contribution is -3.00. The number of halogens is 1. The van der Waals surface area contributed by atoms with Crippen molar-refractivity contribution in [1.82, 2.24) is 0 Å². The summed E-state index contributed by atoms with van der Waals surface area (Å²) in [5, 5.41) is 4.25. The van der Waals surface area contributed by atoms with Crippen LogP contribution in [0.2, 0.25) is 0 Å². The lowest BCUT2D eigenvalue weighted by Gasteiger charge is -2.31. The van der Waals surface area contributed by atoms with Gasteiger partial charge in [-0.1, -0.05) is 66.7 Å². The van der Waals surface area contributed by atoms with Crippen molar-refractivity contribution in [2.24, 2.45) is 0 Å². The molecule has 0 amide bonds. The summed E-state index contributed by atoms with van der Waals surface area (Å²) in [6, 6.07) is 33.0. The average Bonchev–Trinajstić information content (AvgIpc) is 2.75. The van der Waals surface area contributed by atoms with Crippen molar-refractivity contribution < 1.29 is 21.7 Å². The van der Waals surface area contributed by atoms with Gasteiger partial charge in [0, 0.05) is 0 Å². The number of hydrogen-bond acceptors (Lipinski definition) is 1. The topological polar surface area (TPSA) is 9.23 Å². The zero-order valence-electron chi connectivity index (χ0n) is 15.2. The first kappa shape index (κ1) is 20.0. The van der Waals surface area contributed by atoms with Gasteiger partial charge in [0.25, 0.3) is 0 Å². The van der Waals surface area contributed by atoms with Crippen LogP contribution in [0.5, 0.6) is 0 Å². The summed E-state index contributed by atoms with van der Waals surface area (Å²) in [5.74, 6) is 0. The Labute approximate surface area is 173 Å². The van der Waals surface area contributed by atoms with E-state index in [0.29, 0.717) is 0 Å². The molecule has 1 atom stereocenters. The standard InChI is InChI=1S/C24H24OP.BrH/c1-4-13-22(14-5-1)26(23-15-6-2-7-16-23,24-17-8-3-9-18-24)20-21-12-10-11-19-25-21;/h1-10,12-18,21H,11,19-20H2;1H/q+1;/p-1. The van der Waals surface area contributed by atoms with E-state index in [1.165, 1.54) is 15.9 Å². The number of hydrogen-bond donors (Lipinski definition) is 0. The second-order valence-electron chi connectivity index (χ2n) is 6.63. The zero-order valence-corrected chi connectivity index (χ0v) is 17.7. The smallest absolute Gasteiger partial charge is 0.115 e. The van der Waals surface area contributed by atoms with Gasteiger partial charge in [0.05, 0.1) is 6.61 Å². The fourth-order valence-corrected chi connectivity index (χ4v) is 8.12. The van der Waals surface area contributed by atoms with Crippen LogP contribution in [0.1, 0.15) is 6.42 Å². The highest BCUT2D eigenvalue weighted by Gasteiger charge is 2.47. The molecule has 1 aliphatic rings. The molecule has 3 heteroatoms. The van der Waals surface area contributed by atoms with Gasteiger partial charge in [-0.05, 0) is 42.8 Å². The molecule has 0 bridgehead atoms. The van der Waals surface area contributed by atoms with Gasteiger partial charge in [-0.3, -0.25) is 0 Å². The Kier molecular flexibility index (Phi) is 7.01. The summed E-state index contributed by atoms with van der Waals surface area (Å²) in [6.45, 7) is 0.819. The van der Waals surface area contributed by atoms with E-state index in [1.54, 1.807) is 0 Å². The van der Waals surface area contributed by atoms with Crippen molar-refractivity contribution in [2.75, 3.05) is 12.8 Å². The van der Waals surface area contributed by atoms with E-state index in [9.17, 15) is 0 Å². The molecule has 0 saturated carbocycles. The first-order chi connectivity index (χ1) is 12.9. The van der Waals surface area contributed by atoms with E-state index in [1.807, 2.05) is 0 Å². The Morgan fingerprint density at radius 1 is 0.704 bits per heavy atom. The van der Waals surface area contributed by atoms with Gasteiger partial charge >= 0.3 is 0 Å². The van der Waals surface area contributed by atoms with Crippen molar-refractivity contribution in [3.05, 3.63) is 103 Å². The van der Waals surface area contributed by atoms with Crippen LogP contribution in [0.15, 0.2) is 103 Å². The fraction of sp³-hybridized carbons (Fsp3) is 0.167. The highest BCUT2D eigenvalue weighted by molar-refractivity contribution is 7.95. The van der Waals surface area contributed by atoms with Gasteiger partial charge in [0.2, 0.25) is 0 Å². The van der Waals surface area contributed by atoms with Crippen molar-refractivity contribution in [1.29, 1.82) is 0 Å². The van der Waals surface area contributed by atoms with Crippen LogP contribution in [0, 0.1) is 0 Å². The molecular formula is C24H24BrOP. The molecule has 3 aromatic carbocycles. The third-order valence-electron chi connectivity index (χ3n) is 5.01. The molecule has 4 rings (SSSR count). The van der Waals surface area contributed by atoms with E-state index in [0.717, 1.165) is 19.2 Å². The Morgan fingerprint density at radius 2 is 1.15 bits per heavy atom. The Bertz CT molecular complexity index is 753. The van der Waals surface area contributed by atoms with Crippen LogP contribution in [-0.4, -0.2) is 18.9 Å². The minimum Gasteiger partial charge on any atom is -1.00 e. The van der Waals surface area contributed by atoms with E-state index in [4.69, 9.17) is 4.74 Å². The molecule has 27 heavy (non-hydrogen) atoms. The lowest BCUT2D eigenvalue weighted by atomic mass is 10.2. The van der Waals surface area contributed by atoms with Gasteiger partial charge in [0.1, 0.15) is 35.4 Å². The Morgan fingerprint density at radius 3 is 1.52 bits per heavy atom. The highest BCUT2D eigenvalue weighted by Crippen LogP contribution is 2.56. The largest absolute Gasteiger partial charge is 1.00 e. The molecule has 0 aromatic heterocycles. The summed E-state index contributed by atoms with van der Waals surface area (Å²) >= 11 is 0. The van der Waals surface area contributed by atoms with Crippen LogP contribution < -0.4 is 32.9 Å². The van der Waals surface area contributed by atoms with Crippen molar-refractivity contribution in [3.63, 3.8) is 0 Å². The molecule has 1 aliphatic heterocycles. The summed E-state index contributed by atoms with van der Waals surface area (Å²) < 4.78 is 6.14. The maximum Gasteiger partial charge on any atom is 0.115 e. The maximum absolute atomic E-state index is 6.14. The van der Waals surface area contributed by atoms with E-state index >= 15 is 0 Å². The van der Waals surface area contributed by atoms with Crippen molar-refractivity contribution >= 4 is 23.2 Å². The molecule has 3 aromatic rings. The van der Waals surface area contributed by atoms with Crippen molar-refractivity contribution in [2.45, 2.75) is 12.5 Å². The molecule has 1 heterocycles. The van der Waals surface area contributed by atoms with Gasteiger partial charge in [-0.2, -0.15) is 0 Å². The summed E-state index contributed by atoms with van der Waals surface area (Å²) in [4.78, 5) is 0. The Hall–Kier alpha value is -1.73. The van der Waals surface area contributed by atoms with Gasteiger partial charge in [0.15, 0.2) is 0 Å². The van der Waals surface area contributed by atoms with Gasteiger partial charge in [-0.15, -0.1) is 0 Å². The summed E-state index contributed by atoms with van der Waals surface area (Å²) in [5.41, 5.74) is 0. The van der Waals surface area contributed by atoms with Crippen LogP contribution >= 0.6 is 7.26 Å². The highest BCUT2D eigenvalue weighted by atomic mass is 79.9. The average molecular weight is 439 g/mol. The third kappa shape index (κ3) is 4.24. The summed E-state index contributed by atoms with van der Waals surface area (Å²) in [6.07, 6.45) is 6.71. The summed E-state index contributed by atoms with van der Waals surface area (Å²) in [7, 11) is -1.80. The maximum atomic E-state index is 6.14. The Balaban J connectivity index is 0.00000210. The van der Waals surface area contributed by atoms with Crippen LogP contribution in [0.25, 0.3) is 0 Å². The second kappa shape index (κ2) is 9.46. The lowest BCUT2D eigenvalue weighted by molar-refractivity contribution is -0.00000666. The van der Waals surface area contributed by atoms with E-state index < -0.39 is 7.26 Å². The van der Waals surface area contributed by atoms with Crippen LogP contribution in [0.4, 0.5) is 0 Å². The monoisotopic (exact) mass is 438 g/mol. The minimum atomic E-state index is -1.80. The molecule has 1 unspecified atom stereocenters. The van der Waals surface area contributed by atoms with Gasteiger partial charge < -0.3 is 21.7 Å². The van der Waals surface area contributed by atoms with E-state index in [2.05, 4.69) is 103 Å². The van der Waals surface area contributed by atoms with Gasteiger partial charge in [-0.25, -0.2) is 0 Å². The van der Waals surface area contributed by atoms with Crippen LogP contribution in [0.3, 0.4) is 0 Å². The van der Waals surface area contributed by atoms with Crippen molar-refractivity contribution in [3.8, 4) is 0 Å².